The van der Waals surface area contributed by atoms with Gasteiger partial charge in [0.05, 0.1) is 0 Å². The van der Waals surface area contributed by atoms with Crippen molar-refractivity contribution in [2.24, 2.45) is 0 Å². The number of aryl methyl sites for hydroxylation is 1. The van der Waals surface area contributed by atoms with Gasteiger partial charge in [-0.3, -0.25) is 0 Å². The number of rotatable bonds is 7. The number of hydrogen-bond donors (Lipinski definition) is 1. The lowest BCUT2D eigenvalue weighted by Gasteiger charge is -2.10. The molecule has 0 saturated carbocycles. The average Bonchev–Trinajstić information content (AvgIpc) is 2.32. The van der Waals surface area contributed by atoms with Crippen molar-refractivity contribution in [1.29, 1.82) is 0 Å². The van der Waals surface area contributed by atoms with E-state index in [1.54, 1.807) is 0 Å². The Morgan fingerprint density at radius 3 is 2.29 bits per heavy atom. The molecule has 1 heteroatoms. The minimum atomic E-state index is 0.474. The van der Waals surface area contributed by atoms with Gasteiger partial charge in [-0.15, -0.1) is 0 Å². The fourth-order valence-electron chi connectivity index (χ4n) is 2.26. The number of hydrogen-bond acceptors (Lipinski definition) is 1. The fourth-order valence-corrected chi connectivity index (χ4v) is 2.26. The Labute approximate surface area is 106 Å². The molecule has 0 saturated heterocycles. The standard InChI is InChI=1S/C16H26O/c1-4-5-6-7-8-9-10-15-14(3)13(2)11-12-16(15)17/h11-12,17H,4-10H2,1-3H3. The molecule has 0 heterocycles. The van der Waals surface area contributed by atoms with Crippen molar-refractivity contribution in [3.05, 3.63) is 28.8 Å². The van der Waals surface area contributed by atoms with Gasteiger partial charge >= 0.3 is 0 Å². The number of unbranched alkanes of at least 4 members (excludes halogenated alkanes) is 5. The van der Waals surface area contributed by atoms with Gasteiger partial charge < -0.3 is 5.11 Å². The van der Waals surface area contributed by atoms with Gasteiger partial charge in [-0.25, -0.2) is 0 Å². The normalized spacial score (nSPS) is 10.8. The second kappa shape index (κ2) is 7.37. The van der Waals surface area contributed by atoms with Crippen LogP contribution in [0.25, 0.3) is 0 Å². The summed E-state index contributed by atoms with van der Waals surface area (Å²) in [4.78, 5) is 0. The second-order valence-corrected chi connectivity index (χ2v) is 5.02. The molecule has 0 radical (unpaired) electrons. The minimum absolute atomic E-state index is 0.474. The predicted molar refractivity (Wildman–Crippen MR) is 74.7 cm³/mol. The summed E-state index contributed by atoms with van der Waals surface area (Å²) in [6, 6.07) is 3.82. The van der Waals surface area contributed by atoms with E-state index >= 15 is 0 Å². The largest absolute Gasteiger partial charge is 0.508 e. The summed E-state index contributed by atoms with van der Waals surface area (Å²) < 4.78 is 0. The molecule has 0 bridgehead atoms. The molecule has 1 N–H and O–H groups in total. The fraction of sp³-hybridized carbons (Fsp3) is 0.625. The van der Waals surface area contributed by atoms with Gasteiger partial charge in [0.15, 0.2) is 0 Å². The zero-order valence-corrected chi connectivity index (χ0v) is 11.6. The Hall–Kier alpha value is -0.980. The van der Waals surface area contributed by atoms with Crippen LogP contribution < -0.4 is 0 Å². The van der Waals surface area contributed by atoms with Gasteiger partial charge in [0.1, 0.15) is 5.75 Å². The number of phenols is 1. The number of phenolic OH excluding ortho intramolecular Hbond substituents is 1. The van der Waals surface area contributed by atoms with Crippen LogP contribution in [0.4, 0.5) is 0 Å². The summed E-state index contributed by atoms with van der Waals surface area (Å²) in [5.74, 6) is 0.474. The van der Waals surface area contributed by atoms with Crippen molar-refractivity contribution >= 4 is 0 Å². The maximum absolute atomic E-state index is 9.86. The summed E-state index contributed by atoms with van der Waals surface area (Å²) in [5, 5.41) is 9.86. The minimum Gasteiger partial charge on any atom is -0.508 e. The molecule has 0 atom stereocenters. The van der Waals surface area contributed by atoms with Crippen molar-refractivity contribution in [1.82, 2.24) is 0 Å². The van der Waals surface area contributed by atoms with E-state index in [1.807, 2.05) is 12.1 Å². The van der Waals surface area contributed by atoms with Gasteiger partial charge in [-0.05, 0) is 49.4 Å². The SMILES string of the molecule is CCCCCCCCc1c(O)ccc(C)c1C. The third-order valence-corrected chi connectivity index (χ3v) is 3.62. The lowest BCUT2D eigenvalue weighted by molar-refractivity contribution is 0.465. The molecule has 96 valence electrons. The molecule has 0 aromatic heterocycles. The van der Waals surface area contributed by atoms with Crippen molar-refractivity contribution in [2.45, 2.75) is 65.7 Å². The molecule has 1 nitrogen and oxygen atoms in total. The predicted octanol–water partition coefficient (Wildman–Crippen LogP) is 4.91. The first-order chi connectivity index (χ1) is 8.16. The first-order valence-corrected chi connectivity index (χ1v) is 6.94. The average molecular weight is 234 g/mol. The molecule has 0 aliphatic heterocycles. The maximum Gasteiger partial charge on any atom is 0.119 e. The Balaban J connectivity index is 2.39. The second-order valence-electron chi connectivity index (χ2n) is 5.02. The van der Waals surface area contributed by atoms with Crippen LogP contribution in [0.1, 0.15) is 62.1 Å². The van der Waals surface area contributed by atoms with Crippen molar-refractivity contribution in [2.75, 3.05) is 0 Å². The molecule has 0 fully saturated rings. The van der Waals surface area contributed by atoms with Crippen LogP contribution in [0.15, 0.2) is 12.1 Å². The zero-order valence-electron chi connectivity index (χ0n) is 11.6. The van der Waals surface area contributed by atoms with Crippen LogP contribution in [-0.4, -0.2) is 5.11 Å². The van der Waals surface area contributed by atoms with E-state index in [1.165, 1.54) is 49.7 Å². The quantitative estimate of drug-likeness (QED) is 0.664. The van der Waals surface area contributed by atoms with Gasteiger partial charge in [0.2, 0.25) is 0 Å². The van der Waals surface area contributed by atoms with E-state index in [2.05, 4.69) is 20.8 Å². The summed E-state index contributed by atoms with van der Waals surface area (Å²) in [5.41, 5.74) is 3.70. The Morgan fingerprint density at radius 2 is 1.59 bits per heavy atom. The highest BCUT2D eigenvalue weighted by Gasteiger charge is 2.06. The Kier molecular flexibility index (Phi) is 6.10. The van der Waals surface area contributed by atoms with E-state index < -0.39 is 0 Å². The van der Waals surface area contributed by atoms with E-state index in [9.17, 15) is 5.11 Å². The molecule has 1 aromatic carbocycles. The van der Waals surface area contributed by atoms with Crippen molar-refractivity contribution in [3.8, 4) is 5.75 Å². The molecule has 17 heavy (non-hydrogen) atoms. The molecule has 0 amide bonds. The lowest BCUT2D eigenvalue weighted by atomic mass is 9.97. The number of benzene rings is 1. The van der Waals surface area contributed by atoms with Crippen LogP contribution in [-0.2, 0) is 6.42 Å². The third-order valence-electron chi connectivity index (χ3n) is 3.62. The van der Waals surface area contributed by atoms with Gasteiger partial charge in [-0.2, -0.15) is 0 Å². The maximum atomic E-state index is 9.86. The molecule has 0 aliphatic carbocycles. The van der Waals surface area contributed by atoms with E-state index in [4.69, 9.17) is 0 Å². The Bertz CT molecular complexity index is 342. The molecule has 0 unspecified atom stereocenters. The highest BCUT2D eigenvalue weighted by molar-refractivity contribution is 5.43. The number of aromatic hydroxyl groups is 1. The van der Waals surface area contributed by atoms with Crippen LogP contribution in [0.2, 0.25) is 0 Å². The highest BCUT2D eigenvalue weighted by atomic mass is 16.3. The van der Waals surface area contributed by atoms with Crippen LogP contribution in [0, 0.1) is 13.8 Å². The van der Waals surface area contributed by atoms with Crippen LogP contribution >= 0.6 is 0 Å². The van der Waals surface area contributed by atoms with Crippen molar-refractivity contribution < 1.29 is 5.11 Å². The summed E-state index contributed by atoms with van der Waals surface area (Å²) in [6.07, 6.45) is 8.85. The van der Waals surface area contributed by atoms with Gasteiger partial charge in [0.25, 0.3) is 0 Å². The van der Waals surface area contributed by atoms with E-state index in [0.29, 0.717) is 5.75 Å². The topological polar surface area (TPSA) is 20.2 Å². The molecule has 0 spiro atoms. The van der Waals surface area contributed by atoms with Crippen molar-refractivity contribution in [3.63, 3.8) is 0 Å². The molecular formula is C16H26O. The lowest BCUT2D eigenvalue weighted by Crippen LogP contribution is -1.94. The monoisotopic (exact) mass is 234 g/mol. The molecule has 1 aromatic rings. The first-order valence-electron chi connectivity index (χ1n) is 6.94. The van der Waals surface area contributed by atoms with E-state index in [-0.39, 0.29) is 0 Å². The van der Waals surface area contributed by atoms with Crippen LogP contribution in [0.5, 0.6) is 5.75 Å². The zero-order chi connectivity index (χ0) is 12.7. The molecule has 1 rings (SSSR count). The smallest absolute Gasteiger partial charge is 0.119 e. The molecular weight excluding hydrogens is 208 g/mol. The van der Waals surface area contributed by atoms with Crippen LogP contribution in [0.3, 0.4) is 0 Å². The van der Waals surface area contributed by atoms with Gasteiger partial charge in [0, 0.05) is 0 Å². The molecule has 0 aliphatic rings. The summed E-state index contributed by atoms with van der Waals surface area (Å²) in [7, 11) is 0. The Morgan fingerprint density at radius 1 is 0.941 bits per heavy atom. The third kappa shape index (κ3) is 4.41. The summed E-state index contributed by atoms with van der Waals surface area (Å²) in [6.45, 7) is 6.47. The highest BCUT2D eigenvalue weighted by Crippen LogP contribution is 2.25. The summed E-state index contributed by atoms with van der Waals surface area (Å²) >= 11 is 0. The van der Waals surface area contributed by atoms with E-state index in [0.717, 1.165) is 12.0 Å². The first kappa shape index (κ1) is 14.1. The van der Waals surface area contributed by atoms with Gasteiger partial charge in [-0.1, -0.05) is 45.1 Å².